The third-order valence-corrected chi connectivity index (χ3v) is 3.82. The number of H-pyrrole nitrogens is 1. The van der Waals surface area contributed by atoms with Gasteiger partial charge in [0, 0.05) is 18.0 Å². The predicted molar refractivity (Wildman–Crippen MR) is 96.1 cm³/mol. The molecule has 0 aliphatic carbocycles. The second kappa shape index (κ2) is 8.80. The van der Waals surface area contributed by atoms with Crippen LogP contribution < -0.4 is 16.6 Å². The van der Waals surface area contributed by atoms with E-state index < -0.39 is 36.3 Å². The van der Waals surface area contributed by atoms with Gasteiger partial charge in [-0.3, -0.25) is 23.9 Å². The van der Waals surface area contributed by atoms with Crippen LogP contribution in [0.4, 0.5) is 5.69 Å². The summed E-state index contributed by atoms with van der Waals surface area (Å²) in [5.41, 5.74) is 1.48. The summed E-state index contributed by atoms with van der Waals surface area (Å²) in [6.07, 6.45) is 2.71. The molecule has 1 aromatic carbocycles. The molecule has 8 nitrogen and oxygen atoms in total. The number of nitrogens with zero attached hydrogens (tertiary/aromatic N) is 1. The quantitative estimate of drug-likeness (QED) is 0.712. The Labute approximate surface area is 149 Å². The van der Waals surface area contributed by atoms with E-state index in [1.807, 2.05) is 37.0 Å². The Kier molecular flexibility index (Phi) is 6.48. The zero-order chi connectivity index (χ0) is 19.1. The lowest BCUT2D eigenvalue weighted by Crippen LogP contribution is -2.32. The summed E-state index contributed by atoms with van der Waals surface area (Å²) in [7, 11) is 0. The highest BCUT2D eigenvalue weighted by Crippen LogP contribution is 2.22. The van der Waals surface area contributed by atoms with E-state index >= 15 is 0 Å². The highest BCUT2D eigenvalue weighted by atomic mass is 16.5. The Hall–Kier alpha value is -3.16. The van der Waals surface area contributed by atoms with E-state index in [9.17, 15) is 19.2 Å². The molecule has 1 aromatic heterocycles. The number of ether oxygens (including phenoxy) is 1. The number of aromatic amines is 1. The molecule has 0 radical (unpaired) electrons. The maximum Gasteiger partial charge on any atom is 0.328 e. The van der Waals surface area contributed by atoms with Crippen LogP contribution in [0.1, 0.15) is 25.0 Å². The van der Waals surface area contributed by atoms with E-state index in [-0.39, 0.29) is 0 Å². The van der Waals surface area contributed by atoms with Crippen molar-refractivity contribution in [2.75, 3.05) is 11.9 Å². The van der Waals surface area contributed by atoms with Crippen molar-refractivity contribution in [3.05, 3.63) is 62.4 Å². The molecule has 26 heavy (non-hydrogen) atoms. The molecule has 2 aromatic rings. The molecule has 0 saturated heterocycles. The van der Waals surface area contributed by atoms with Gasteiger partial charge >= 0.3 is 11.7 Å². The number of rotatable bonds is 7. The molecule has 0 unspecified atom stereocenters. The molecule has 0 fully saturated rings. The number of esters is 1. The van der Waals surface area contributed by atoms with E-state index in [1.165, 1.54) is 6.20 Å². The van der Waals surface area contributed by atoms with Crippen molar-refractivity contribution in [3.8, 4) is 0 Å². The van der Waals surface area contributed by atoms with Crippen molar-refractivity contribution < 1.29 is 14.3 Å². The standard InChI is InChI=1S/C18H21N3O5/c1-3-12-6-5-7-13(4-2)17(12)19-15(23)11-26-16(24)10-21-9-8-14(22)20-18(21)25/h5-9H,3-4,10-11H2,1-2H3,(H,19,23)(H,20,22,25). The molecule has 0 atom stereocenters. The third kappa shape index (κ3) is 4.92. The van der Waals surface area contributed by atoms with Crippen molar-refractivity contribution in [2.24, 2.45) is 0 Å². The Morgan fingerprint density at radius 3 is 2.35 bits per heavy atom. The molecule has 8 heteroatoms. The van der Waals surface area contributed by atoms with Gasteiger partial charge in [0.25, 0.3) is 11.5 Å². The molecule has 2 N–H and O–H groups in total. The van der Waals surface area contributed by atoms with Crippen molar-refractivity contribution in [1.82, 2.24) is 9.55 Å². The zero-order valence-electron chi connectivity index (χ0n) is 14.7. The smallest absolute Gasteiger partial charge is 0.328 e. The Balaban J connectivity index is 1.96. The van der Waals surface area contributed by atoms with Crippen LogP contribution in [0.25, 0.3) is 0 Å². The number of benzene rings is 1. The number of hydrogen-bond donors (Lipinski definition) is 2. The molecule has 0 spiro atoms. The summed E-state index contributed by atoms with van der Waals surface area (Å²) in [6, 6.07) is 6.93. The average molecular weight is 359 g/mol. The fourth-order valence-corrected chi connectivity index (χ4v) is 2.48. The van der Waals surface area contributed by atoms with Gasteiger partial charge in [0.1, 0.15) is 6.54 Å². The topological polar surface area (TPSA) is 110 Å². The minimum Gasteiger partial charge on any atom is -0.454 e. The maximum atomic E-state index is 12.1. The van der Waals surface area contributed by atoms with Crippen LogP contribution in [0.15, 0.2) is 40.1 Å². The fourth-order valence-electron chi connectivity index (χ4n) is 2.48. The van der Waals surface area contributed by atoms with Gasteiger partial charge < -0.3 is 10.1 Å². The first-order valence-corrected chi connectivity index (χ1v) is 8.30. The van der Waals surface area contributed by atoms with Gasteiger partial charge in [0.05, 0.1) is 0 Å². The molecule has 0 aliphatic rings. The summed E-state index contributed by atoms with van der Waals surface area (Å²) in [5, 5.41) is 2.79. The lowest BCUT2D eigenvalue weighted by atomic mass is 10.0. The zero-order valence-corrected chi connectivity index (χ0v) is 14.7. The Bertz CT molecular complexity index is 891. The Morgan fingerprint density at radius 1 is 1.12 bits per heavy atom. The largest absolute Gasteiger partial charge is 0.454 e. The minimum atomic E-state index is -0.756. The molecule has 1 amide bonds. The van der Waals surface area contributed by atoms with Crippen LogP contribution in [0.5, 0.6) is 0 Å². The van der Waals surface area contributed by atoms with Gasteiger partial charge in [-0.1, -0.05) is 32.0 Å². The van der Waals surface area contributed by atoms with Crippen molar-refractivity contribution in [3.63, 3.8) is 0 Å². The van der Waals surface area contributed by atoms with Gasteiger partial charge in [-0.25, -0.2) is 4.79 Å². The van der Waals surface area contributed by atoms with Crippen LogP contribution in [0.2, 0.25) is 0 Å². The summed E-state index contributed by atoms with van der Waals surface area (Å²) in [6.45, 7) is 3.13. The minimum absolute atomic E-state index is 0.394. The number of para-hydroxylation sites is 1. The van der Waals surface area contributed by atoms with Crippen LogP contribution in [0.3, 0.4) is 0 Å². The first-order chi connectivity index (χ1) is 12.4. The van der Waals surface area contributed by atoms with Gasteiger partial charge in [-0.15, -0.1) is 0 Å². The van der Waals surface area contributed by atoms with Crippen LogP contribution >= 0.6 is 0 Å². The summed E-state index contributed by atoms with van der Waals surface area (Å²) in [4.78, 5) is 48.4. The van der Waals surface area contributed by atoms with E-state index in [2.05, 4.69) is 5.32 Å². The van der Waals surface area contributed by atoms with Gasteiger partial charge in [0.2, 0.25) is 0 Å². The number of aryl methyl sites for hydroxylation is 2. The summed E-state index contributed by atoms with van der Waals surface area (Å²) < 4.78 is 5.90. The monoisotopic (exact) mass is 359 g/mol. The van der Waals surface area contributed by atoms with E-state index in [0.717, 1.165) is 40.3 Å². The lowest BCUT2D eigenvalue weighted by molar-refractivity contribution is -0.148. The van der Waals surface area contributed by atoms with Crippen LogP contribution in [-0.4, -0.2) is 28.0 Å². The summed E-state index contributed by atoms with van der Waals surface area (Å²) >= 11 is 0. The summed E-state index contributed by atoms with van der Waals surface area (Å²) in [5.74, 6) is -1.21. The number of nitrogens with one attached hydrogen (secondary N) is 2. The first kappa shape index (κ1) is 19.2. The maximum absolute atomic E-state index is 12.1. The fraction of sp³-hybridized carbons (Fsp3) is 0.333. The van der Waals surface area contributed by atoms with E-state index in [0.29, 0.717) is 0 Å². The third-order valence-electron chi connectivity index (χ3n) is 3.82. The van der Waals surface area contributed by atoms with Crippen molar-refractivity contribution >= 4 is 17.6 Å². The molecular weight excluding hydrogens is 338 g/mol. The van der Waals surface area contributed by atoms with Gasteiger partial charge in [-0.05, 0) is 24.0 Å². The number of amides is 1. The molecule has 2 rings (SSSR count). The number of carbonyl (C=O) groups is 2. The number of hydrogen-bond acceptors (Lipinski definition) is 5. The molecular formula is C18H21N3O5. The van der Waals surface area contributed by atoms with Crippen LogP contribution in [-0.2, 0) is 33.7 Å². The van der Waals surface area contributed by atoms with Crippen molar-refractivity contribution in [2.45, 2.75) is 33.2 Å². The number of anilines is 1. The molecule has 0 aliphatic heterocycles. The number of aromatic nitrogens is 2. The average Bonchev–Trinajstić information content (AvgIpc) is 2.62. The first-order valence-electron chi connectivity index (χ1n) is 8.30. The van der Waals surface area contributed by atoms with E-state index in [1.54, 1.807) is 0 Å². The van der Waals surface area contributed by atoms with E-state index in [4.69, 9.17) is 4.74 Å². The molecule has 138 valence electrons. The highest BCUT2D eigenvalue weighted by molar-refractivity contribution is 5.94. The molecule has 0 saturated carbocycles. The van der Waals surface area contributed by atoms with Gasteiger partial charge in [0.15, 0.2) is 6.61 Å². The molecule has 0 bridgehead atoms. The second-order valence-corrected chi connectivity index (χ2v) is 5.61. The second-order valence-electron chi connectivity index (χ2n) is 5.61. The normalized spacial score (nSPS) is 10.4. The molecule has 1 heterocycles. The predicted octanol–water partition coefficient (Wildman–Crippen LogP) is 0.843. The van der Waals surface area contributed by atoms with Crippen molar-refractivity contribution in [1.29, 1.82) is 0 Å². The lowest BCUT2D eigenvalue weighted by Gasteiger charge is -2.14. The highest BCUT2D eigenvalue weighted by Gasteiger charge is 2.13. The van der Waals surface area contributed by atoms with Crippen LogP contribution in [0, 0.1) is 0 Å². The SMILES string of the molecule is CCc1cccc(CC)c1NC(=O)COC(=O)Cn1ccc(=O)[nH]c1=O. The Morgan fingerprint density at radius 2 is 1.77 bits per heavy atom. The number of carbonyl (C=O) groups excluding carboxylic acids is 2. The van der Waals surface area contributed by atoms with Gasteiger partial charge in [-0.2, -0.15) is 0 Å².